The Labute approximate surface area is 107 Å². The SMILES string of the molecule is CC(=O)c1cn([C@H]2C[C@H](O)[C@@H](CN)O2)c(=O)[nH]c1=O. The fourth-order valence-electron chi connectivity index (χ4n) is 2.05. The molecule has 3 atom stereocenters. The minimum absolute atomic E-state index is 0.120. The molecule has 8 nitrogen and oxygen atoms in total. The van der Waals surface area contributed by atoms with Crippen molar-refractivity contribution in [3.8, 4) is 0 Å². The molecule has 1 aliphatic heterocycles. The molecule has 1 aliphatic rings. The first-order chi connectivity index (χ1) is 8.93. The van der Waals surface area contributed by atoms with Gasteiger partial charge in [0, 0.05) is 19.2 Å². The second kappa shape index (κ2) is 5.08. The van der Waals surface area contributed by atoms with Gasteiger partial charge in [-0.15, -0.1) is 0 Å². The number of Topliss-reactive ketones (excluding diaryl/α,β-unsaturated/α-hetero) is 1. The summed E-state index contributed by atoms with van der Waals surface area (Å²) in [5.41, 5.74) is 3.87. The lowest BCUT2D eigenvalue weighted by molar-refractivity contribution is -0.0152. The highest BCUT2D eigenvalue weighted by atomic mass is 16.5. The number of aromatic nitrogens is 2. The van der Waals surface area contributed by atoms with E-state index in [1.165, 1.54) is 6.92 Å². The summed E-state index contributed by atoms with van der Waals surface area (Å²) in [6.07, 6.45) is -0.768. The van der Waals surface area contributed by atoms with E-state index in [1.807, 2.05) is 0 Å². The van der Waals surface area contributed by atoms with Crippen molar-refractivity contribution in [3.05, 3.63) is 32.6 Å². The number of ether oxygens (including phenoxy) is 1. The zero-order chi connectivity index (χ0) is 14.2. The summed E-state index contributed by atoms with van der Waals surface area (Å²) < 4.78 is 6.51. The Morgan fingerprint density at radius 1 is 1.63 bits per heavy atom. The van der Waals surface area contributed by atoms with Crippen LogP contribution in [0, 0.1) is 0 Å². The van der Waals surface area contributed by atoms with Crippen molar-refractivity contribution in [2.24, 2.45) is 5.73 Å². The average Bonchev–Trinajstić information content (AvgIpc) is 2.69. The molecular weight excluding hydrogens is 254 g/mol. The number of aromatic amines is 1. The molecule has 19 heavy (non-hydrogen) atoms. The molecule has 4 N–H and O–H groups in total. The molecule has 0 radical (unpaired) electrons. The standard InChI is InChI=1S/C11H15N3O5/c1-5(15)6-4-14(11(18)13-10(6)17)9-2-7(16)8(3-12)19-9/h4,7-9,16H,2-3,12H2,1H3,(H,13,17,18)/t7-,8+,9+/m0/s1. The number of aliphatic hydroxyl groups is 1. The molecule has 0 aromatic carbocycles. The molecule has 0 aliphatic carbocycles. The van der Waals surface area contributed by atoms with Crippen LogP contribution in [0.1, 0.15) is 29.9 Å². The predicted molar refractivity (Wildman–Crippen MR) is 64.9 cm³/mol. The molecular formula is C11H15N3O5. The molecule has 2 rings (SSSR count). The molecule has 104 valence electrons. The van der Waals surface area contributed by atoms with Gasteiger partial charge in [0.05, 0.1) is 17.8 Å². The van der Waals surface area contributed by atoms with E-state index in [1.54, 1.807) is 0 Å². The fourth-order valence-corrected chi connectivity index (χ4v) is 2.05. The third kappa shape index (κ3) is 2.50. The molecule has 0 saturated carbocycles. The van der Waals surface area contributed by atoms with E-state index >= 15 is 0 Å². The number of ketones is 1. The Morgan fingerprint density at radius 2 is 2.32 bits per heavy atom. The number of hydrogen-bond donors (Lipinski definition) is 3. The van der Waals surface area contributed by atoms with E-state index in [-0.39, 0.29) is 18.5 Å². The van der Waals surface area contributed by atoms with Gasteiger partial charge in [-0.05, 0) is 6.92 Å². The zero-order valence-corrected chi connectivity index (χ0v) is 10.3. The van der Waals surface area contributed by atoms with Crippen LogP contribution in [-0.4, -0.2) is 39.2 Å². The van der Waals surface area contributed by atoms with Crippen LogP contribution in [0.25, 0.3) is 0 Å². The molecule has 0 spiro atoms. The van der Waals surface area contributed by atoms with Crippen molar-refractivity contribution < 1.29 is 14.6 Å². The third-order valence-electron chi connectivity index (χ3n) is 3.09. The lowest BCUT2D eigenvalue weighted by atomic mass is 10.2. The van der Waals surface area contributed by atoms with Gasteiger partial charge >= 0.3 is 5.69 Å². The van der Waals surface area contributed by atoms with Gasteiger partial charge in [-0.25, -0.2) is 4.79 Å². The van der Waals surface area contributed by atoms with Crippen LogP contribution in [-0.2, 0) is 4.74 Å². The van der Waals surface area contributed by atoms with Gasteiger partial charge in [0.1, 0.15) is 6.23 Å². The number of nitrogens with one attached hydrogen (secondary N) is 1. The van der Waals surface area contributed by atoms with Crippen molar-refractivity contribution in [1.82, 2.24) is 9.55 Å². The van der Waals surface area contributed by atoms with Crippen molar-refractivity contribution in [1.29, 1.82) is 0 Å². The molecule has 0 bridgehead atoms. The molecule has 2 heterocycles. The second-order valence-corrected chi connectivity index (χ2v) is 4.43. The summed E-state index contributed by atoms with van der Waals surface area (Å²) in [5, 5.41) is 9.69. The molecule has 8 heteroatoms. The summed E-state index contributed by atoms with van der Waals surface area (Å²) in [7, 11) is 0. The van der Waals surface area contributed by atoms with Crippen LogP contribution in [0.4, 0.5) is 0 Å². The van der Waals surface area contributed by atoms with Gasteiger partial charge in [-0.1, -0.05) is 0 Å². The first-order valence-electron chi connectivity index (χ1n) is 5.84. The Kier molecular flexibility index (Phi) is 3.65. The highest BCUT2D eigenvalue weighted by molar-refractivity contribution is 5.93. The van der Waals surface area contributed by atoms with Gasteiger partial charge < -0.3 is 15.6 Å². The van der Waals surface area contributed by atoms with E-state index < -0.39 is 35.5 Å². The highest BCUT2D eigenvalue weighted by Gasteiger charge is 2.34. The minimum Gasteiger partial charge on any atom is -0.390 e. The Hall–Kier alpha value is -1.77. The summed E-state index contributed by atoms with van der Waals surface area (Å²) in [6, 6.07) is 0. The normalized spacial score (nSPS) is 26.6. The summed E-state index contributed by atoms with van der Waals surface area (Å²) >= 11 is 0. The summed E-state index contributed by atoms with van der Waals surface area (Å²) in [5.74, 6) is -0.455. The number of carbonyl (C=O) groups excluding carboxylic acids is 1. The molecule has 1 aromatic rings. The number of carbonyl (C=O) groups is 1. The van der Waals surface area contributed by atoms with E-state index in [4.69, 9.17) is 10.5 Å². The lowest BCUT2D eigenvalue weighted by Gasteiger charge is -2.15. The van der Waals surface area contributed by atoms with Crippen molar-refractivity contribution >= 4 is 5.78 Å². The number of aliphatic hydroxyl groups excluding tert-OH is 1. The van der Waals surface area contributed by atoms with Gasteiger partial charge in [0.25, 0.3) is 5.56 Å². The van der Waals surface area contributed by atoms with Gasteiger partial charge in [0.15, 0.2) is 5.78 Å². The maximum atomic E-state index is 11.7. The Bertz CT molecular complexity index is 605. The topological polar surface area (TPSA) is 127 Å². The van der Waals surface area contributed by atoms with Crippen LogP contribution in [0.15, 0.2) is 15.8 Å². The smallest absolute Gasteiger partial charge is 0.330 e. The molecule has 1 aromatic heterocycles. The summed E-state index contributed by atoms with van der Waals surface area (Å²) in [6.45, 7) is 1.35. The number of hydrogen-bond acceptors (Lipinski definition) is 6. The van der Waals surface area contributed by atoms with E-state index in [0.717, 1.165) is 10.8 Å². The van der Waals surface area contributed by atoms with Crippen molar-refractivity contribution in [2.45, 2.75) is 31.8 Å². The van der Waals surface area contributed by atoms with Crippen LogP contribution in [0.2, 0.25) is 0 Å². The first-order valence-corrected chi connectivity index (χ1v) is 5.84. The highest BCUT2D eigenvalue weighted by Crippen LogP contribution is 2.26. The molecule has 0 amide bonds. The molecule has 1 fully saturated rings. The Balaban J connectivity index is 2.41. The molecule has 1 saturated heterocycles. The van der Waals surface area contributed by atoms with Crippen molar-refractivity contribution in [3.63, 3.8) is 0 Å². The Morgan fingerprint density at radius 3 is 2.84 bits per heavy atom. The average molecular weight is 269 g/mol. The lowest BCUT2D eigenvalue weighted by Crippen LogP contribution is -2.35. The second-order valence-electron chi connectivity index (χ2n) is 4.43. The minimum atomic E-state index is -0.783. The van der Waals surface area contributed by atoms with Crippen LogP contribution >= 0.6 is 0 Å². The van der Waals surface area contributed by atoms with Crippen molar-refractivity contribution in [2.75, 3.05) is 6.54 Å². The monoisotopic (exact) mass is 269 g/mol. The summed E-state index contributed by atoms with van der Waals surface area (Å²) in [4.78, 5) is 36.5. The van der Waals surface area contributed by atoms with Crippen LogP contribution in [0.5, 0.6) is 0 Å². The van der Waals surface area contributed by atoms with Gasteiger partial charge in [-0.3, -0.25) is 19.1 Å². The van der Waals surface area contributed by atoms with Gasteiger partial charge in [-0.2, -0.15) is 0 Å². The number of nitrogens with two attached hydrogens (primary N) is 1. The zero-order valence-electron chi connectivity index (χ0n) is 10.3. The van der Waals surface area contributed by atoms with Gasteiger partial charge in [0.2, 0.25) is 0 Å². The van der Waals surface area contributed by atoms with Crippen LogP contribution in [0.3, 0.4) is 0 Å². The first kappa shape index (κ1) is 13.7. The van der Waals surface area contributed by atoms with E-state index in [9.17, 15) is 19.5 Å². The van der Waals surface area contributed by atoms with Crippen LogP contribution < -0.4 is 17.0 Å². The fraction of sp³-hybridized carbons (Fsp3) is 0.545. The number of H-pyrrole nitrogens is 1. The quantitative estimate of drug-likeness (QED) is 0.564. The maximum Gasteiger partial charge on any atom is 0.330 e. The van der Waals surface area contributed by atoms with E-state index in [2.05, 4.69) is 4.98 Å². The van der Waals surface area contributed by atoms with E-state index in [0.29, 0.717) is 0 Å². The predicted octanol–water partition coefficient (Wildman–Crippen LogP) is -1.65. The number of nitrogens with zero attached hydrogens (tertiary/aromatic N) is 1. The largest absolute Gasteiger partial charge is 0.390 e. The third-order valence-corrected chi connectivity index (χ3v) is 3.09. The maximum absolute atomic E-state index is 11.7. The molecule has 0 unspecified atom stereocenters. The number of rotatable bonds is 3.